The molecule has 0 spiro atoms. The highest BCUT2D eigenvalue weighted by atomic mass is 15.2. The van der Waals surface area contributed by atoms with Crippen LogP contribution in [0.2, 0.25) is 0 Å². The van der Waals surface area contributed by atoms with Gasteiger partial charge in [-0.1, -0.05) is 18.2 Å². The second kappa shape index (κ2) is 6.21. The number of hydrogen-bond acceptors (Lipinski definition) is 5. The number of anilines is 3. The van der Waals surface area contributed by atoms with Gasteiger partial charge in [-0.2, -0.15) is 10.5 Å². The number of para-hydroxylation sites is 1. The van der Waals surface area contributed by atoms with Gasteiger partial charge in [-0.25, -0.2) is 4.98 Å². The molecule has 0 atom stereocenters. The number of aromatic nitrogens is 1. The van der Waals surface area contributed by atoms with Crippen molar-refractivity contribution in [2.45, 2.75) is 6.42 Å². The Morgan fingerprint density at radius 3 is 2.55 bits per heavy atom. The van der Waals surface area contributed by atoms with Gasteiger partial charge >= 0.3 is 0 Å². The number of hydrogen-bond donors (Lipinski definition) is 1. The Hall–Kier alpha value is -3.05. The van der Waals surface area contributed by atoms with Crippen LogP contribution in [0.3, 0.4) is 0 Å². The van der Waals surface area contributed by atoms with Gasteiger partial charge in [0.25, 0.3) is 0 Å². The number of nitrogen functional groups attached to an aromatic ring is 1. The van der Waals surface area contributed by atoms with E-state index in [-0.39, 0.29) is 0 Å². The molecule has 1 aromatic carbocycles. The molecule has 20 heavy (non-hydrogen) atoms. The molecule has 5 nitrogen and oxygen atoms in total. The SMILES string of the molecule is N#CCCN(c1ccccc1)c1nccc(C#N)c1N. The maximum atomic E-state index is 9.04. The Kier molecular flexibility index (Phi) is 4.16. The molecule has 0 radical (unpaired) electrons. The number of nitriles is 2. The normalized spacial score (nSPS) is 9.50. The van der Waals surface area contributed by atoms with E-state index >= 15 is 0 Å². The van der Waals surface area contributed by atoms with Crippen molar-refractivity contribution in [3.05, 3.63) is 48.2 Å². The van der Waals surface area contributed by atoms with E-state index in [2.05, 4.69) is 11.1 Å². The minimum Gasteiger partial charge on any atom is -0.395 e. The fourth-order valence-corrected chi connectivity index (χ4v) is 1.90. The van der Waals surface area contributed by atoms with Gasteiger partial charge in [0.05, 0.1) is 23.7 Å². The van der Waals surface area contributed by atoms with Gasteiger partial charge in [-0.3, -0.25) is 0 Å². The van der Waals surface area contributed by atoms with E-state index in [1.54, 1.807) is 12.3 Å². The van der Waals surface area contributed by atoms with Crippen LogP contribution >= 0.6 is 0 Å². The minimum atomic E-state index is 0.330. The molecule has 0 aliphatic heterocycles. The van der Waals surface area contributed by atoms with Gasteiger partial charge < -0.3 is 10.6 Å². The third-order valence-corrected chi connectivity index (χ3v) is 2.86. The third-order valence-electron chi connectivity index (χ3n) is 2.86. The van der Waals surface area contributed by atoms with Crippen molar-refractivity contribution < 1.29 is 0 Å². The van der Waals surface area contributed by atoms with Crippen LogP contribution in [0.1, 0.15) is 12.0 Å². The van der Waals surface area contributed by atoms with Crippen molar-refractivity contribution in [1.82, 2.24) is 4.98 Å². The van der Waals surface area contributed by atoms with Gasteiger partial charge in [-0.05, 0) is 18.2 Å². The second-order valence-electron chi connectivity index (χ2n) is 4.10. The molecule has 98 valence electrons. The molecule has 0 unspecified atom stereocenters. The number of nitrogens with two attached hydrogens (primary N) is 1. The first-order chi connectivity index (χ1) is 9.77. The summed E-state index contributed by atoms with van der Waals surface area (Å²) in [6, 6.07) is 15.3. The first-order valence-corrected chi connectivity index (χ1v) is 6.12. The van der Waals surface area contributed by atoms with Crippen molar-refractivity contribution in [2.24, 2.45) is 0 Å². The number of benzene rings is 1. The predicted octanol–water partition coefficient (Wildman–Crippen LogP) is 2.59. The Labute approximate surface area is 117 Å². The van der Waals surface area contributed by atoms with Crippen molar-refractivity contribution in [2.75, 3.05) is 17.2 Å². The van der Waals surface area contributed by atoms with Crippen LogP contribution in [-0.2, 0) is 0 Å². The molecule has 5 heteroatoms. The summed E-state index contributed by atoms with van der Waals surface area (Å²) >= 11 is 0. The summed E-state index contributed by atoms with van der Waals surface area (Å²) in [7, 11) is 0. The summed E-state index contributed by atoms with van der Waals surface area (Å²) in [5.74, 6) is 0.505. The smallest absolute Gasteiger partial charge is 0.157 e. The molecular formula is C15H13N5. The molecule has 1 heterocycles. The predicted molar refractivity (Wildman–Crippen MR) is 77.0 cm³/mol. The monoisotopic (exact) mass is 263 g/mol. The summed E-state index contributed by atoms with van der Waals surface area (Å²) in [6.07, 6.45) is 1.89. The lowest BCUT2D eigenvalue weighted by atomic mass is 10.2. The maximum absolute atomic E-state index is 9.04. The van der Waals surface area contributed by atoms with Crippen LogP contribution in [0.15, 0.2) is 42.6 Å². The quantitative estimate of drug-likeness (QED) is 0.915. The highest BCUT2D eigenvalue weighted by Crippen LogP contribution is 2.30. The van der Waals surface area contributed by atoms with Gasteiger partial charge in [-0.15, -0.1) is 0 Å². The van der Waals surface area contributed by atoms with Gasteiger partial charge in [0.1, 0.15) is 6.07 Å². The molecule has 0 saturated heterocycles. The molecule has 2 N–H and O–H groups in total. The van der Waals surface area contributed by atoms with Crippen molar-refractivity contribution in [1.29, 1.82) is 10.5 Å². The van der Waals surface area contributed by atoms with Crippen LogP contribution in [0.5, 0.6) is 0 Å². The molecule has 0 aliphatic rings. The average Bonchev–Trinajstić information content (AvgIpc) is 2.50. The van der Waals surface area contributed by atoms with E-state index in [0.29, 0.717) is 30.0 Å². The highest BCUT2D eigenvalue weighted by Gasteiger charge is 2.15. The Morgan fingerprint density at radius 1 is 1.15 bits per heavy atom. The van der Waals surface area contributed by atoms with E-state index < -0.39 is 0 Å². The zero-order valence-electron chi connectivity index (χ0n) is 10.8. The molecule has 0 amide bonds. The van der Waals surface area contributed by atoms with Gasteiger partial charge in [0, 0.05) is 18.4 Å². The van der Waals surface area contributed by atoms with E-state index in [0.717, 1.165) is 5.69 Å². The highest BCUT2D eigenvalue weighted by molar-refractivity contribution is 5.75. The Balaban J connectivity index is 2.48. The molecule has 0 aliphatic carbocycles. The zero-order valence-corrected chi connectivity index (χ0v) is 10.8. The van der Waals surface area contributed by atoms with Gasteiger partial charge in [0.2, 0.25) is 0 Å². The Morgan fingerprint density at radius 2 is 1.90 bits per heavy atom. The zero-order chi connectivity index (χ0) is 14.4. The molecular weight excluding hydrogens is 250 g/mol. The average molecular weight is 263 g/mol. The van der Waals surface area contributed by atoms with E-state index in [9.17, 15) is 0 Å². The standard InChI is InChI=1S/C15H13N5/c16-8-4-10-20(13-5-2-1-3-6-13)15-14(18)12(11-17)7-9-19-15/h1-3,5-7,9H,4,10,18H2. The largest absolute Gasteiger partial charge is 0.395 e. The van der Waals surface area contributed by atoms with Crippen LogP contribution < -0.4 is 10.6 Å². The molecule has 1 aromatic heterocycles. The van der Waals surface area contributed by atoms with E-state index in [1.807, 2.05) is 41.3 Å². The lowest BCUT2D eigenvalue weighted by Gasteiger charge is -2.24. The van der Waals surface area contributed by atoms with Crippen LogP contribution in [0.25, 0.3) is 0 Å². The minimum absolute atomic E-state index is 0.330. The number of rotatable bonds is 4. The second-order valence-corrected chi connectivity index (χ2v) is 4.10. The summed E-state index contributed by atoms with van der Waals surface area (Å²) in [6.45, 7) is 0.465. The lowest BCUT2D eigenvalue weighted by Crippen LogP contribution is -2.21. The summed E-state index contributed by atoms with van der Waals surface area (Å²) < 4.78 is 0. The third kappa shape index (κ3) is 2.68. The maximum Gasteiger partial charge on any atom is 0.157 e. The van der Waals surface area contributed by atoms with E-state index in [4.69, 9.17) is 16.3 Å². The van der Waals surface area contributed by atoms with Gasteiger partial charge in [0.15, 0.2) is 5.82 Å². The fraction of sp³-hybridized carbons (Fsp3) is 0.133. The van der Waals surface area contributed by atoms with Crippen LogP contribution in [0.4, 0.5) is 17.2 Å². The van der Waals surface area contributed by atoms with Crippen molar-refractivity contribution >= 4 is 17.2 Å². The number of pyridine rings is 1. The Bertz CT molecular complexity index is 667. The molecule has 0 bridgehead atoms. The van der Waals surface area contributed by atoms with Crippen LogP contribution in [-0.4, -0.2) is 11.5 Å². The van der Waals surface area contributed by atoms with Crippen molar-refractivity contribution in [3.8, 4) is 12.1 Å². The first kappa shape index (κ1) is 13.4. The van der Waals surface area contributed by atoms with Crippen LogP contribution in [0, 0.1) is 22.7 Å². The van der Waals surface area contributed by atoms with E-state index in [1.165, 1.54) is 0 Å². The van der Waals surface area contributed by atoms with Crippen molar-refractivity contribution in [3.63, 3.8) is 0 Å². The summed E-state index contributed by atoms with van der Waals surface area (Å²) in [5, 5.41) is 17.8. The first-order valence-electron chi connectivity index (χ1n) is 6.12. The summed E-state index contributed by atoms with van der Waals surface area (Å²) in [5.41, 5.74) is 7.59. The fourth-order valence-electron chi connectivity index (χ4n) is 1.90. The molecule has 2 aromatic rings. The molecule has 2 rings (SSSR count). The molecule has 0 saturated carbocycles. The lowest BCUT2D eigenvalue weighted by molar-refractivity contribution is 0.928. The molecule has 0 fully saturated rings. The topological polar surface area (TPSA) is 89.7 Å². The summed E-state index contributed by atoms with van der Waals surface area (Å²) in [4.78, 5) is 6.10. The number of nitrogens with zero attached hydrogens (tertiary/aromatic N) is 4.